The molecule has 1 fully saturated rings. The Morgan fingerprint density at radius 3 is 2.83 bits per heavy atom. The topological polar surface area (TPSA) is 58.6 Å². The van der Waals surface area contributed by atoms with Gasteiger partial charge in [-0.1, -0.05) is 18.7 Å². The number of carbonyl (C=O) groups excluding carboxylic acids is 2. The van der Waals surface area contributed by atoms with Gasteiger partial charge in [-0.05, 0) is 38.0 Å². The quantitative estimate of drug-likeness (QED) is 0.819. The van der Waals surface area contributed by atoms with Gasteiger partial charge in [0, 0.05) is 19.6 Å². The molecule has 1 heterocycles. The number of hydrogen-bond donors (Lipinski definition) is 1. The zero-order chi connectivity index (χ0) is 16.8. The fraction of sp³-hybridized carbons (Fsp3) is 0.444. The number of amides is 2. The van der Waals surface area contributed by atoms with E-state index in [1.807, 2.05) is 26.0 Å². The number of benzene rings is 1. The number of nitrogens with zero attached hydrogens (tertiary/aromatic N) is 1. The van der Waals surface area contributed by atoms with Gasteiger partial charge in [0.1, 0.15) is 12.4 Å². The predicted octanol–water partition coefficient (Wildman–Crippen LogP) is 2.24. The van der Waals surface area contributed by atoms with Gasteiger partial charge in [0.15, 0.2) is 0 Å². The van der Waals surface area contributed by atoms with E-state index in [9.17, 15) is 9.59 Å². The van der Waals surface area contributed by atoms with Crippen LogP contribution in [-0.2, 0) is 4.79 Å². The van der Waals surface area contributed by atoms with E-state index in [2.05, 4.69) is 11.9 Å². The van der Waals surface area contributed by atoms with Gasteiger partial charge in [0.25, 0.3) is 5.91 Å². The van der Waals surface area contributed by atoms with Crippen molar-refractivity contribution >= 4 is 11.8 Å². The molecule has 0 aromatic heterocycles. The number of likely N-dealkylation sites (tertiary alicyclic amines) is 1. The first-order valence-corrected chi connectivity index (χ1v) is 7.96. The van der Waals surface area contributed by atoms with Crippen LogP contribution in [0.3, 0.4) is 0 Å². The third-order valence-corrected chi connectivity index (χ3v) is 3.79. The SMILES string of the molecule is C=C(C)COc1ccccc1C(=O)N1CC[C@H](C(=O)NCC)C1. The van der Waals surface area contributed by atoms with Crippen LogP contribution in [0, 0.1) is 5.92 Å². The first-order chi connectivity index (χ1) is 11.0. The van der Waals surface area contributed by atoms with Crippen molar-refractivity contribution in [2.24, 2.45) is 5.92 Å². The van der Waals surface area contributed by atoms with E-state index in [-0.39, 0.29) is 17.7 Å². The summed E-state index contributed by atoms with van der Waals surface area (Å²) in [5.74, 6) is 0.369. The third-order valence-electron chi connectivity index (χ3n) is 3.79. The van der Waals surface area contributed by atoms with Gasteiger partial charge in [0.05, 0.1) is 11.5 Å². The summed E-state index contributed by atoms with van der Waals surface area (Å²) in [6, 6.07) is 7.20. The Morgan fingerprint density at radius 2 is 2.13 bits per heavy atom. The molecule has 1 aromatic rings. The second-order valence-corrected chi connectivity index (χ2v) is 5.87. The number of para-hydroxylation sites is 1. The lowest BCUT2D eigenvalue weighted by molar-refractivity contribution is -0.124. The van der Waals surface area contributed by atoms with Crippen molar-refractivity contribution in [2.75, 3.05) is 26.2 Å². The summed E-state index contributed by atoms with van der Waals surface area (Å²) in [6.45, 7) is 9.62. The molecule has 0 bridgehead atoms. The van der Waals surface area contributed by atoms with Gasteiger partial charge in [0.2, 0.25) is 5.91 Å². The molecule has 1 aliphatic heterocycles. The maximum absolute atomic E-state index is 12.7. The van der Waals surface area contributed by atoms with Crippen molar-refractivity contribution in [1.29, 1.82) is 0 Å². The summed E-state index contributed by atoms with van der Waals surface area (Å²) in [5.41, 5.74) is 1.43. The molecule has 0 spiro atoms. The second-order valence-electron chi connectivity index (χ2n) is 5.87. The maximum Gasteiger partial charge on any atom is 0.257 e. The average Bonchev–Trinajstić information content (AvgIpc) is 3.03. The Hall–Kier alpha value is -2.30. The summed E-state index contributed by atoms with van der Waals surface area (Å²) in [6.07, 6.45) is 0.701. The van der Waals surface area contributed by atoms with Gasteiger partial charge in [-0.15, -0.1) is 0 Å². The van der Waals surface area contributed by atoms with Crippen LogP contribution in [0.5, 0.6) is 5.75 Å². The lowest BCUT2D eigenvalue weighted by atomic mass is 10.1. The molecule has 2 rings (SSSR count). The highest BCUT2D eigenvalue weighted by Crippen LogP contribution is 2.24. The third kappa shape index (κ3) is 4.34. The molecule has 1 aliphatic rings. The molecule has 1 atom stereocenters. The van der Waals surface area contributed by atoms with Crippen LogP contribution in [0.4, 0.5) is 0 Å². The van der Waals surface area contributed by atoms with Gasteiger partial charge in [-0.3, -0.25) is 9.59 Å². The summed E-state index contributed by atoms with van der Waals surface area (Å²) in [5, 5.41) is 2.82. The Labute approximate surface area is 137 Å². The number of ether oxygens (including phenoxy) is 1. The standard InChI is InChI=1S/C18H24N2O3/c1-4-19-17(21)14-9-10-20(11-14)18(22)15-7-5-6-8-16(15)23-12-13(2)3/h5-8,14H,2,4,9-12H2,1,3H3,(H,19,21)/t14-/m0/s1. The second kappa shape index (κ2) is 7.81. The number of carbonyl (C=O) groups is 2. The lowest BCUT2D eigenvalue weighted by Crippen LogP contribution is -2.34. The zero-order valence-corrected chi connectivity index (χ0v) is 13.8. The Morgan fingerprint density at radius 1 is 1.39 bits per heavy atom. The van der Waals surface area contributed by atoms with Crippen LogP contribution in [0.1, 0.15) is 30.6 Å². The molecule has 124 valence electrons. The van der Waals surface area contributed by atoms with E-state index in [0.717, 1.165) is 5.57 Å². The fourth-order valence-corrected chi connectivity index (χ4v) is 2.62. The minimum absolute atomic E-state index is 0.0228. The molecule has 1 N–H and O–H groups in total. The minimum atomic E-state index is -0.123. The zero-order valence-electron chi connectivity index (χ0n) is 13.8. The van der Waals surface area contributed by atoms with Crippen molar-refractivity contribution in [1.82, 2.24) is 10.2 Å². The largest absolute Gasteiger partial charge is 0.488 e. The van der Waals surface area contributed by atoms with Crippen LogP contribution < -0.4 is 10.1 Å². The number of hydrogen-bond acceptors (Lipinski definition) is 3. The van der Waals surface area contributed by atoms with Crippen LogP contribution in [0.2, 0.25) is 0 Å². The van der Waals surface area contributed by atoms with Crippen molar-refractivity contribution in [3.63, 3.8) is 0 Å². The van der Waals surface area contributed by atoms with Gasteiger partial charge < -0.3 is 15.0 Å². The average molecular weight is 316 g/mol. The van der Waals surface area contributed by atoms with E-state index >= 15 is 0 Å². The first-order valence-electron chi connectivity index (χ1n) is 7.96. The van der Waals surface area contributed by atoms with E-state index in [4.69, 9.17) is 4.74 Å². The molecule has 5 heteroatoms. The summed E-state index contributed by atoms with van der Waals surface area (Å²) < 4.78 is 5.67. The molecular formula is C18H24N2O3. The lowest BCUT2D eigenvalue weighted by Gasteiger charge is -2.18. The smallest absolute Gasteiger partial charge is 0.257 e. The predicted molar refractivity (Wildman–Crippen MR) is 89.4 cm³/mol. The molecular weight excluding hydrogens is 292 g/mol. The molecule has 0 saturated carbocycles. The van der Waals surface area contributed by atoms with Crippen LogP contribution >= 0.6 is 0 Å². The highest BCUT2D eigenvalue weighted by Gasteiger charge is 2.32. The van der Waals surface area contributed by atoms with Crippen LogP contribution in [0.15, 0.2) is 36.4 Å². The van der Waals surface area contributed by atoms with Gasteiger partial charge in [-0.25, -0.2) is 0 Å². The van der Waals surface area contributed by atoms with E-state index in [1.54, 1.807) is 17.0 Å². The van der Waals surface area contributed by atoms with Crippen LogP contribution in [-0.4, -0.2) is 43.0 Å². The minimum Gasteiger partial charge on any atom is -0.488 e. The highest BCUT2D eigenvalue weighted by atomic mass is 16.5. The van der Waals surface area contributed by atoms with E-state index in [1.165, 1.54) is 0 Å². The molecule has 0 aliphatic carbocycles. The molecule has 2 amide bonds. The van der Waals surface area contributed by atoms with Crippen molar-refractivity contribution in [3.05, 3.63) is 42.0 Å². The van der Waals surface area contributed by atoms with Crippen molar-refractivity contribution < 1.29 is 14.3 Å². The number of nitrogens with one attached hydrogen (secondary N) is 1. The molecule has 1 aromatic carbocycles. The van der Waals surface area contributed by atoms with Crippen molar-refractivity contribution in [2.45, 2.75) is 20.3 Å². The number of rotatable bonds is 6. The van der Waals surface area contributed by atoms with E-state index in [0.29, 0.717) is 44.0 Å². The molecule has 0 unspecified atom stereocenters. The Kier molecular flexibility index (Phi) is 5.79. The van der Waals surface area contributed by atoms with E-state index < -0.39 is 0 Å². The van der Waals surface area contributed by atoms with Gasteiger partial charge in [-0.2, -0.15) is 0 Å². The summed E-state index contributed by atoms with van der Waals surface area (Å²) >= 11 is 0. The normalized spacial score (nSPS) is 17.0. The molecule has 0 radical (unpaired) electrons. The summed E-state index contributed by atoms with van der Waals surface area (Å²) in [7, 11) is 0. The highest BCUT2D eigenvalue weighted by molar-refractivity contribution is 5.97. The summed E-state index contributed by atoms with van der Waals surface area (Å²) in [4.78, 5) is 26.4. The Balaban J connectivity index is 2.06. The first kappa shape index (κ1) is 17.1. The fourth-order valence-electron chi connectivity index (χ4n) is 2.62. The monoisotopic (exact) mass is 316 g/mol. The molecule has 1 saturated heterocycles. The molecule has 5 nitrogen and oxygen atoms in total. The van der Waals surface area contributed by atoms with Crippen LogP contribution in [0.25, 0.3) is 0 Å². The Bertz CT molecular complexity index is 598. The van der Waals surface area contributed by atoms with Crippen molar-refractivity contribution in [3.8, 4) is 5.75 Å². The maximum atomic E-state index is 12.7. The van der Waals surface area contributed by atoms with Gasteiger partial charge >= 0.3 is 0 Å². The molecule has 23 heavy (non-hydrogen) atoms.